The van der Waals surface area contributed by atoms with Crippen LogP contribution in [-0.4, -0.2) is 15.8 Å². The first-order chi connectivity index (χ1) is 6.09. The fraction of sp³-hybridized carbons (Fsp3) is 0.143. The molecule has 70 valence electrons. The van der Waals surface area contributed by atoms with E-state index < -0.39 is 10.7 Å². The molecular weight excluding hydrogens is 198 g/mol. The number of hydrogen-bond donors (Lipinski definition) is 1. The second-order valence-electron chi connectivity index (χ2n) is 2.16. The van der Waals surface area contributed by atoms with Crippen molar-refractivity contribution in [2.24, 2.45) is 0 Å². The van der Waals surface area contributed by atoms with E-state index in [1.165, 1.54) is 24.3 Å². The minimum absolute atomic E-state index is 0.0450. The molecule has 1 rings (SSSR count). The van der Waals surface area contributed by atoms with Crippen LogP contribution in [0, 0.1) is 10.1 Å². The van der Waals surface area contributed by atoms with Crippen molar-refractivity contribution in [3.63, 3.8) is 0 Å². The molecule has 0 aromatic heterocycles. The van der Waals surface area contributed by atoms with Crippen LogP contribution < -0.4 is 4.74 Å². The molecule has 0 saturated heterocycles. The molecule has 6 heteroatoms. The molecule has 0 aliphatic carbocycles. The molecule has 1 unspecified atom stereocenters. The second-order valence-corrected chi connectivity index (χ2v) is 2.53. The molecule has 0 heterocycles. The topological polar surface area (TPSA) is 72.6 Å². The quantitative estimate of drug-likeness (QED) is 0.350. The number of nitro benzene ring substituents is 1. The number of hydrogen-bond acceptors (Lipinski definition) is 4. The lowest BCUT2D eigenvalue weighted by Crippen LogP contribution is -2.05. The van der Waals surface area contributed by atoms with Crippen LogP contribution in [0.15, 0.2) is 24.3 Å². The molecule has 1 aromatic carbocycles. The van der Waals surface area contributed by atoms with Gasteiger partial charge in [-0.05, 0) is 23.7 Å². The summed E-state index contributed by atoms with van der Waals surface area (Å²) in [4.78, 5) is 9.70. The van der Waals surface area contributed by atoms with Crippen LogP contribution in [0.3, 0.4) is 0 Å². The largest absolute Gasteiger partial charge is 0.451 e. The molecule has 0 fully saturated rings. The van der Waals surface area contributed by atoms with E-state index in [9.17, 15) is 10.1 Å². The summed E-state index contributed by atoms with van der Waals surface area (Å²) < 4.78 is 4.65. The number of benzene rings is 1. The Hall–Kier alpha value is -1.33. The zero-order valence-corrected chi connectivity index (χ0v) is 7.14. The average molecular weight is 204 g/mol. The molecule has 0 bridgehead atoms. The molecule has 0 saturated carbocycles. The standard InChI is InChI=1S/C7H6ClNO4/c8-7(10)13-6-3-1-5(2-4-6)9(11)12/h1-4,7,10H. The average Bonchev–Trinajstić information content (AvgIpc) is 2.04. The van der Waals surface area contributed by atoms with Gasteiger partial charge < -0.3 is 9.84 Å². The van der Waals surface area contributed by atoms with Gasteiger partial charge in [0.2, 0.25) is 0 Å². The molecule has 0 spiro atoms. The number of alkyl halides is 1. The summed E-state index contributed by atoms with van der Waals surface area (Å²) in [6.45, 7) is 0. The van der Waals surface area contributed by atoms with E-state index in [1.54, 1.807) is 0 Å². The Morgan fingerprint density at radius 1 is 1.46 bits per heavy atom. The predicted molar refractivity (Wildman–Crippen MR) is 45.6 cm³/mol. The van der Waals surface area contributed by atoms with Gasteiger partial charge in [0.1, 0.15) is 5.75 Å². The highest BCUT2D eigenvalue weighted by Gasteiger charge is 2.05. The molecule has 0 aliphatic heterocycles. The Bertz CT molecular complexity index is 298. The van der Waals surface area contributed by atoms with Crippen LogP contribution in [0.25, 0.3) is 0 Å². The Balaban J connectivity index is 2.75. The third-order valence-electron chi connectivity index (χ3n) is 1.28. The normalized spacial score (nSPS) is 12.2. The van der Waals surface area contributed by atoms with Crippen molar-refractivity contribution < 1.29 is 14.8 Å². The van der Waals surface area contributed by atoms with E-state index in [0.29, 0.717) is 0 Å². The van der Waals surface area contributed by atoms with Gasteiger partial charge in [-0.25, -0.2) is 0 Å². The number of halogens is 1. The molecule has 5 nitrogen and oxygen atoms in total. The first-order valence-electron chi connectivity index (χ1n) is 3.33. The summed E-state index contributed by atoms with van der Waals surface area (Å²) in [5.41, 5.74) is -0.0450. The smallest absolute Gasteiger partial charge is 0.277 e. The van der Waals surface area contributed by atoms with Crippen LogP contribution in [0.1, 0.15) is 0 Å². The van der Waals surface area contributed by atoms with Gasteiger partial charge in [-0.3, -0.25) is 10.1 Å². The monoisotopic (exact) mass is 203 g/mol. The number of rotatable bonds is 3. The fourth-order valence-corrected chi connectivity index (χ4v) is 0.862. The van der Waals surface area contributed by atoms with Crippen molar-refractivity contribution >= 4 is 17.3 Å². The number of non-ortho nitro benzene ring substituents is 1. The Kier molecular flexibility index (Phi) is 3.05. The highest BCUT2D eigenvalue weighted by molar-refractivity contribution is 6.18. The van der Waals surface area contributed by atoms with Crippen molar-refractivity contribution in [3.8, 4) is 5.75 Å². The number of aliphatic hydroxyl groups is 1. The maximum absolute atomic E-state index is 10.2. The van der Waals surface area contributed by atoms with Crippen molar-refractivity contribution in [2.45, 2.75) is 5.75 Å². The van der Waals surface area contributed by atoms with Crippen molar-refractivity contribution in [3.05, 3.63) is 34.4 Å². The first kappa shape index (κ1) is 9.76. The van der Waals surface area contributed by atoms with Gasteiger partial charge in [-0.15, -0.1) is 0 Å². The summed E-state index contributed by atoms with van der Waals surface area (Å²) in [6, 6.07) is 5.22. The predicted octanol–water partition coefficient (Wildman–Crippen LogP) is 1.49. The highest BCUT2D eigenvalue weighted by Crippen LogP contribution is 2.18. The molecule has 0 radical (unpaired) electrons. The number of nitro groups is 1. The molecular formula is C7H6ClNO4. The van der Waals surface area contributed by atoms with Crippen LogP contribution in [0.4, 0.5) is 5.69 Å². The van der Waals surface area contributed by atoms with Crippen LogP contribution in [0.2, 0.25) is 0 Å². The minimum atomic E-state index is -1.44. The van der Waals surface area contributed by atoms with Crippen LogP contribution in [-0.2, 0) is 0 Å². The van der Waals surface area contributed by atoms with E-state index in [4.69, 9.17) is 16.7 Å². The lowest BCUT2D eigenvalue weighted by atomic mass is 10.3. The third-order valence-corrected chi connectivity index (χ3v) is 1.37. The summed E-state index contributed by atoms with van der Waals surface area (Å²) in [5, 5.41) is 18.8. The number of ether oxygens (including phenoxy) is 1. The number of nitrogens with zero attached hydrogens (tertiary/aromatic N) is 1. The maximum atomic E-state index is 10.2. The lowest BCUT2D eigenvalue weighted by Gasteiger charge is -2.05. The Morgan fingerprint density at radius 2 is 2.00 bits per heavy atom. The molecule has 1 aromatic rings. The molecule has 0 amide bonds. The van der Waals surface area contributed by atoms with Gasteiger partial charge in [-0.1, -0.05) is 0 Å². The van der Waals surface area contributed by atoms with Gasteiger partial charge in [-0.2, -0.15) is 0 Å². The van der Waals surface area contributed by atoms with E-state index in [0.717, 1.165) is 0 Å². The second kappa shape index (κ2) is 4.06. The zero-order valence-electron chi connectivity index (χ0n) is 6.38. The van der Waals surface area contributed by atoms with Crippen molar-refractivity contribution in [2.75, 3.05) is 0 Å². The summed E-state index contributed by atoms with van der Waals surface area (Å²) in [5.74, 6) is -1.17. The van der Waals surface area contributed by atoms with E-state index in [1.807, 2.05) is 0 Å². The van der Waals surface area contributed by atoms with Gasteiger partial charge in [0.15, 0.2) is 0 Å². The van der Waals surface area contributed by atoms with Gasteiger partial charge >= 0.3 is 0 Å². The van der Waals surface area contributed by atoms with E-state index >= 15 is 0 Å². The summed E-state index contributed by atoms with van der Waals surface area (Å²) >= 11 is 5.11. The third kappa shape index (κ3) is 2.89. The van der Waals surface area contributed by atoms with Gasteiger partial charge in [0, 0.05) is 12.1 Å². The number of aliphatic hydroxyl groups excluding tert-OH is 1. The SMILES string of the molecule is O=[N+]([O-])c1ccc(OC(O)Cl)cc1. The molecule has 13 heavy (non-hydrogen) atoms. The highest BCUT2D eigenvalue weighted by atomic mass is 35.5. The Labute approximate surface area is 78.7 Å². The lowest BCUT2D eigenvalue weighted by molar-refractivity contribution is -0.384. The van der Waals surface area contributed by atoms with E-state index in [-0.39, 0.29) is 11.4 Å². The Morgan fingerprint density at radius 3 is 2.38 bits per heavy atom. The van der Waals surface area contributed by atoms with Crippen LogP contribution >= 0.6 is 11.6 Å². The van der Waals surface area contributed by atoms with E-state index in [2.05, 4.69) is 4.74 Å². The van der Waals surface area contributed by atoms with Gasteiger partial charge in [0.05, 0.1) is 4.92 Å². The zero-order chi connectivity index (χ0) is 9.84. The summed E-state index contributed by atoms with van der Waals surface area (Å²) in [6.07, 6.45) is 0. The first-order valence-corrected chi connectivity index (χ1v) is 3.76. The molecule has 1 N–H and O–H groups in total. The van der Waals surface area contributed by atoms with Gasteiger partial charge in [0.25, 0.3) is 11.4 Å². The minimum Gasteiger partial charge on any atom is -0.451 e. The molecule has 1 atom stereocenters. The molecule has 0 aliphatic rings. The fourth-order valence-electron chi connectivity index (χ4n) is 0.759. The van der Waals surface area contributed by atoms with Crippen LogP contribution in [0.5, 0.6) is 5.75 Å². The summed E-state index contributed by atoms with van der Waals surface area (Å²) in [7, 11) is 0. The van der Waals surface area contributed by atoms with Crippen molar-refractivity contribution in [1.29, 1.82) is 0 Å². The maximum Gasteiger partial charge on any atom is 0.277 e. The van der Waals surface area contributed by atoms with Crippen molar-refractivity contribution in [1.82, 2.24) is 0 Å².